The zero-order valence-corrected chi connectivity index (χ0v) is 13.3. The van der Waals surface area contributed by atoms with Crippen molar-refractivity contribution in [2.45, 2.75) is 66.0 Å². The molecule has 3 nitrogen and oxygen atoms in total. The standard InChI is InChI=1S/C15H26ClN3/c1-5-12-14(16)13(19(7-3)18-12)10-15(8-9-15)11(4)17-6-2/h11,17H,5-10H2,1-4H3. The van der Waals surface area contributed by atoms with E-state index in [1.807, 2.05) is 0 Å². The van der Waals surface area contributed by atoms with Crippen molar-refractivity contribution in [3.8, 4) is 0 Å². The molecule has 1 aromatic heterocycles. The van der Waals surface area contributed by atoms with Crippen molar-refractivity contribution in [1.82, 2.24) is 15.1 Å². The van der Waals surface area contributed by atoms with Crippen LogP contribution in [0.1, 0.15) is 51.9 Å². The molecular formula is C15H26ClN3. The van der Waals surface area contributed by atoms with Gasteiger partial charge in [-0.1, -0.05) is 25.4 Å². The van der Waals surface area contributed by atoms with Gasteiger partial charge in [0, 0.05) is 12.6 Å². The van der Waals surface area contributed by atoms with Crippen molar-refractivity contribution in [2.75, 3.05) is 6.54 Å². The van der Waals surface area contributed by atoms with Crippen LogP contribution in [0.25, 0.3) is 0 Å². The highest BCUT2D eigenvalue weighted by Gasteiger charge is 2.48. The summed E-state index contributed by atoms with van der Waals surface area (Å²) in [5.74, 6) is 0. The lowest BCUT2D eigenvalue weighted by atomic mass is 9.91. The predicted molar refractivity (Wildman–Crippen MR) is 80.8 cm³/mol. The minimum atomic E-state index is 0.400. The van der Waals surface area contributed by atoms with Crippen molar-refractivity contribution >= 4 is 11.6 Å². The second-order valence-electron chi connectivity index (χ2n) is 5.70. The first-order valence-electron chi connectivity index (χ1n) is 7.55. The van der Waals surface area contributed by atoms with Gasteiger partial charge in [-0.15, -0.1) is 0 Å². The third-order valence-electron chi connectivity index (χ3n) is 4.53. The fourth-order valence-corrected chi connectivity index (χ4v) is 3.30. The molecule has 1 N–H and O–H groups in total. The van der Waals surface area contributed by atoms with Gasteiger partial charge < -0.3 is 5.32 Å². The number of aryl methyl sites for hydroxylation is 2. The lowest BCUT2D eigenvalue weighted by Gasteiger charge is -2.24. The highest BCUT2D eigenvalue weighted by Crippen LogP contribution is 2.52. The lowest BCUT2D eigenvalue weighted by molar-refractivity contribution is 0.347. The van der Waals surface area contributed by atoms with Crippen LogP contribution in [0, 0.1) is 5.41 Å². The van der Waals surface area contributed by atoms with Crippen LogP contribution >= 0.6 is 11.6 Å². The summed E-state index contributed by atoms with van der Waals surface area (Å²) < 4.78 is 2.10. The molecule has 1 saturated carbocycles. The Hall–Kier alpha value is -0.540. The first kappa shape index (κ1) is 14.9. The quantitative estimate of drug-likeness (QED) is 0.831. The van der Waals surface area contributed by atoms with E-state index in [-0.39, 0.29) is 0 Å². The largest absolute Gasteiger partial charge is 0.314 e. The molecule has 19 heavy (non-hydrogen) atoms. The molecule has 0 bridgehead atoms. The van der Waals surface area contributed by atoms with Crippen LogP contribution in [0.5, 0.6) is 0 Å². The average Bonchev–Trinajstić information content (AvgIpc) is 3.12. The van der Waals surface area contributed by atoms with Crippen LogP contribution in [0.2, 0.25) is 5.02 Å². The highest BCUT2D eigenvalue weighted by atomic mass is 35.5. The molecule has 2 rings (SSSR count). The van der Waals surface area contributed by atoms with E-state index in [0.717, 1.165) is 36.6 Å². The van der Waals surface area contributed by atoms with E-state index in [1.54, 1.807) is 0 Å². The van der Waals surface area contributed by atoms with Crippen LogP contribution in [0.4, 0.5) is 0 Å². The predicted octanol–water partition coefficient (Wildman–Crippen LogP) is 3.44. The number of nitrogens with zero attached hydrogens (tertiary/aromatic N) is 2. The lowest BCUT2D eigenvalue weighted by Crippen LogP contribution is -2.36. The maximum absolute atomic E-state index is 6.52. The molecule has 0 spiro atoms. The number of rotatable bonds is 7. The number of aromatic nitrogens is 2. The van der Waals surface area contributed by atoms with Crippen molar-refractivity contribution in [3.05, 3.63) is 16.4 Å². The molecule has 1 atom stereocenters. The Labute approximate surface area is 121 Å². The maximum atomic E-state index is 6.52. The van der Waals surface area contributed by atoms with Gasteiger partial charge in [-0.2, -0.15) is 5.10 Å². The van der Waals surface area contributed by atoms with Crippen molar-refractivity contribution in [2.24, 2.45) is 5.41 Å². The van der Waals surface area contributed by atoms with Crippen LogP contribution in [-0.2, 0) is 19.4 Å². The monoisotopic (exact) mass is 283 g/mol. The summed E-state index contributed by atoms with van der Waals surface area (Å²) in [5.41, 5.74) is 2.69. The van der Waals surface area contributed by atoms with Gasteiger partial charge in [0.2, 0.25) is 0 Å². The Bertz CT molecular complexity index is 435. The van der Waals surface area contributed by atoms with Crippen LogP contribution in [0.3, 0.4) is 0 Å². The molecule has 1 aliphatic carbocycles. The van der Waals surface area contributed by atoms with Gasteiger partial charge in [-0.3, -0.25) is 4.68 Å². The Morgan fingerprint density at radius 2 is 2.05 bits per heavy atom. The van der Waals surface area contributed by atoms with Crippen molar-refractivity contribution < 1.29 is 0 Å². The van der Waals surface area contributed by atoms with E-state index in [4.69, 9.17) is 11.6 Å². The van der Waals surface area contributed by atoms with E-state index in [2.05, 4.69) is 42.8 Å². The number of hydrogen-bond donors (Lipinski definition) is 1. The van der Waals surface area contributed by atoms with Gasteiger partial charge in [-0.25, -0.2) is 0 Å². The second-order valence-corrected chi connectivity index (χ2v) is 6.07. The van der Waals surface area contributed by atoms with E-state index in [1.165, 1.54) is 18.5 Å². The third-order valence-corrected chi connectivity index (χ3v) is 4.97. The molecule has 1 fully saturated rings. The number of halogens is 1. The van der Waals surface area contributed by atoms with Gasteiger partial charge in [0.05, 0.1) is 16.4 Å². The third kappa shape index (κ3) is 2.82. The smallest absolute Gasteiger partial charge is 0.0850 e. The summed E-state index contributed by atoms with van der Waals surface area (Å²) in [5, 5.41) is 9.10. The zero-order chi connectivity index (χ0) is 14.0. The minimum Gasteiger partial charge on any atom is -0.314 e. The van der Waals surface area contributed by atoms with Gasteiger partial charge in [-0.05, 0) is 51.5 Å². The summed E-state index contributed by atoms with van der Waals surface area (Å²) in [4.78, 5) is 0. The fraction of sp³-hybridized carbons (Fsp3) is 0.800. The molecule has 1 aromatic rings. The van der Waals surface area contributed by atoms with Gasteiger partial charge in [0.25, 0.3) is 0 Å². The maximum Gasteiger partial charge on any atom is 0.0850 e. The van der Waals surface area contributed by atoms with Crippen LogP contribution < -0.4 is 5.32 Å². The van der Waals surface area contributed by atoms with Crippen molar-refractivity contribution in [3.63, 3.8) is 0 Å². The number of nitrogens with one attached hydrogen (secondary N) is 1. The topological polar surface area (TPSA) is 29.9 Å². The molecule has 0 saturated heterocycles. The fourth-order valence-electron chi connectivity index (χ4n) is 2.97. The number of hydrogen-bond acceptors (Lipinski definition) is 2. The molecule has 4 heteroatoms. The van der Waals surface area contributed by atoms with E-state index >= 15 is 0 Å². The molecular weight excluding hydrogens is 258 g/mol. The van der Waals surface area contributed by atoms with E-state index in [0.29, 0.717) is 11.5 Å². The Morgan fingerprint density at radius 1 is 1.37 bits per heavy atom. The van der Waals surface area contributed by atoms with Gasteiger partial charge >= 0.3 is 0 Å². The molecule has 0 aliphatic heterocycles. The highest BCUT2D eigenvalue weighted by molar-refractivity contribution is 6.31. The van der Waals surface area contributed by atoms with Crippen molar-refractivity contribution in [1.29, 1.82) is 0 Å². The first-order chi connectivity index (χ1) is 9.07. The molecule has 108 valence electrons. The molecule has 1 heterocycles. The molecule has 1 unspecified atom stereocenters. The minimum absolute atomic E-state index is 0.400. The Morgan fingerprint density at radius 3 is 2.53 bits per heavy atom. The summed E-state index contributed by atoms with van der Waals surface area (Å²) in [6.45, 7) is 10.7. The van der Waals surface area contributed by atoms with Crippen LogP contribution in [-0.4, -0.2) is 22.4 Å². The summed E-state index contributed by atoms with van der Waals surface area (Å²) in [7, 11) is 0. The first-order valence-corrected chi connectivity index (χ1v) is 7.93. The molecule has 1 aliphatic rings. The Balaban J connectivity index is 2.21. The summed E-state index contributed by atoms with van der Waals surface area (Å²) >= 11 is 6.52. The molecule has 0 aromatic carbocycles. The van der Waals surface area contributed by atoms with Gasteiger partial charge in [0.1, 0.15) is 0 Å². The van der Waals surface area contributed by atoms with Gasteiger partial charge in [0.15, 0.2) is 0 Å². The van der Waals surface area contributed by atoms with Crippen LogP contribution in [0.15, 0.2) is 0 Å². The van der Waals surface area contributed by atoms with E-state index in [9.17, 15) is 0 Å². The average molecular weight is 284 g/mol. The summed E-state index contributed by atoms with van der Waals surface area (Å²) in [6.07, 6.45) is 4.57. The molecule has 0 amide bonds. The molecule has 0 radical (unpaired) electrons. The SMILES string of the molecule is CCNC(C)C1(Cc2c(Cl)c(CC)nn2CC)CC1. The second kappa shape index (κ2) is 5.84. The zero-order valence-electron chi connectivity index (χ0n) is 12.6. The normalized spacial score (nSPS) is 18.6. The summed E-state index contributed by atoms with van der Waals surface area (Å²) in [6, 6.07) is 0.554. The Kier molecular flexibility index (Phi) is 4.57. The van der Waals surface area contributed by atoms with E-state index < -0.39 is 0 Å².